The maximum Gasteiger partial charge on any atom is 0.250 e. The number of aromatic nitrogens is 1. The van der Waals surface area contributed by atoms with Gasteiger partial charge in [-0.25, -0.2) is 0 Å². The van der Waals surface area contributed by atoms with Gasteiger partial charge in [0.05, 0.1) is 11.1 Å². The summed E-state index contributed by atoms with van der Waals surface area (Å²) < 4.78 is 1.61. The van der Waals surface area contributed by atoms with Crippen molar-refractivity contribution in [2.75, 3.05) is 11.9 Å². The van der Waals surface area contributed by atoms with Crippen molar-refractivity contribution in [3.8, 4) is 0 Å². The Balaban J connectivity index is 2.95. The van der Waals surface area contributed by atoms with Crippen LogP contribution >= 0.6 is 0 Å². The van der Waals surface area contributed by atoms with Crippen LogP contribution in [0.4, 0.5) is 5.69 Å². The third-order valence-corrected chi connectivity index (χ3v) is 3.93. The molecular formula is C15H25N3O2. The predicted octanol–water partition coefficient (Wildman–Crippen LogP) is 1.96. The van der Waals surface area contributed by atoms with Gasteiger partial charge in [-0.15, -0.1) is 0 Å². The Bertz CT molecular complexity index is 496. The van der Waals surface area contributed by atoms with Crippen molar-refractivity contribution >= 4 is 11.6 Å². The smallest absolute Gasteiger partial charge is 0.250 e. The molecule has 1 amide bonds. The fraction of sp³-hybridized carbons (Fsp3) is 0.600. The topological polar surface area (TPSA) is 77.1 Å². The molecule has 0 aliphatic rings. The van der Waals surface area contributed by atoms with Gasteiger partial charge in [-0.2, -0.15) is 0 Å². The van der Waals surface area contributed by atoms with Crippen LogP contribution in [0.15, 0.2) is 23.1 Å². The summed E-state index contributed by atoms with van der Waals surface area (Å²) in [5.74, 6) is -0.0771. The maximum atomic E-state index is 12.4. The second-order valence-electron chi connectivity index (χ2n) is 5.10. The van der Waals surface area contributed by atoms with Gasteiger partial charge in [0.15, 0.2) is 0 Å². The summed E-state index contributed by atoms with van der Waals surface area (Å²) in [6, 6.07) is 3.12. The molecule has 0 bridgehead atoms. The van der Waals surface area contributed by atoms with Crippen LogP contribution in [0.25, 0.3) is 0 Å². The van der Waals surface area contributed by atoms with E-state index < -0.39 is 5.41 Å². The van der Waals surface area contributed by atoms with Gasteiger partial charge in [0.2, 0.25) is 5.91 Å². The lowest BCUT2D eigenvalue weighted by atomic mass is 9.81. The van der Waals surface area contributed by atoms with Gasteiger partial charge in [-0.05, 0) is 25.3 Å². The number of nitrogens with two attached hydrogens (primary N) is 1. The number of aryl methyl sites for hydroxylation is 1. The largest absolute Gasteiger partial charge is 0.329 e. The minimum Gasteiger partial charge on any atom is -0.329 e. The van der Waals surface area contributed by atoms with Crippen LogP contribution in [0.5, 0.6) is 0 Å². The van der Waals surface area contributed by atoms with Crippen LogP contribution in [0, 0.1) is 5.41 Å². The number of hydrogen-bond acceptors (Lipinski definition) is 3. The predicted molar refractivity (Wildman–Crippen MR) is 81.7 cm³/mol. The Labute approximate surface area is 120 Å². The Kier molecular flexibility index (Phi) is 5.95. The van der Waals surface area contributed by atoms with E-state index in [0.717, 1.165) is 6.42 Å². The Hall–Kier alpha value is -1.62. The Morgan fingerprint density at radius 1 is 1.30 bits per heavy atom. The molecule has 1 aromatic rings. The highest BCUT2D eigenvalue weighted by atomic mass is 16.2. The van der Waals surface area contributed by atoms with Crippen LogP contribution in [0.2, 0.25) is 0 Å². The Morgan fingerprint density at radius 2 is 1.95 bits per heavy atom. The van der Waals surface area contributed by atoms with E-state index >= 15 is 0 Å². The number of pyridine rings is 1. The van der Waals surface area contributed by atoms with E-state index in [9.17, 15) is 9.59 Å². The summed E-state index contributed by atoms with van der Waals surface area (Å²) in [6.07, 6.45) is 3.95. The third-order valence-electron chi connectivity index (χ3n) is 3.93. The third kappa shape index (κ3) is 3.48. The summed E-state index contributed by atoms with van der Waals surface area (Å²) in [6.45, 7) is 6.90. The van der Waals surface area contributed by atoms with E-state index in [1.165, 1.54) is 6.07 Å². The molecule has 1 rings (SSSR count). The summed E-state index contributed by atoms with van der Waals surface area (Å²) in [4.78, 5) is 24.0. The summed E-state index contributed by atoms with van der Waals surface area (Å²) in [5, 5.41) is 2.88. The number of hydrogen-bond donors (Lipinski definition) is 2. The molecule has 0 unspecified atom stereocenters. The number of anilines is 1. The van der Waals surface area contributed by atoms with Crippen molar-refractivity contribution in [3.63, 3.8) is 0 Å². The van der Waals surface area contributed by atoms with Crippen molar-refractivity contribution < 1.29 is 4.79 Å². The van der Waals surface area contributed by atoms with E-state index in [0.29, 0.717) is 31.6 Å². The Morgan fingerprint density at radius 3 is 2.45 bits per heavy atom. The van der Waals surface area contributed by atoms with E-state index in [1.54, 1.807) is 16.8 Å². The molecule has 20 heavy (non-hydrogen) atoms. The van der Waals surface area contributed by atoms with Gasteiger partial charge in [-0.3, -0.25) is 9.59 Å². The summed E-state index contributed by atoms with van der Waals surface area (Å²) in [7, 11) is 0. The van der Waals surface area contributed by atoms with Crippen LogP contribution in [0.3, 0.4) is 0 Å². The van der Waals surface area contributed by atoms with Crippen LogP contribution in [-0.2, 0) is 11.3 Å². The molecular weight excluding hydrogens is 254 g/mol. The molecule has 1 heterocycles. The average Bonchev–Trinajstić information content (AvgIpc) is 2.45. The molecule has 0 fully saturated rings. The molecule has 0 aliphatic carbocycles. The first kappa shape index (κ1) is 16.4. The molecule has 112 valence electrons. The highest BCUT2D eigenvalue weighted by Crippen LogP contribution is 2.26. The summed E-state index contributed by atoms with van der Waals surface area (Å²) >= 11 is 0. The zero-order valence-corrected chi connectivity index (χ0v) is 12.6. The second-order valence-corrected chi connectivity index (χ2v) is 5.10. The van der Waals surface area contributed by atoms with E-state index in [1.807, 2.05) is 20.8 Å². The number of carbonyl (C=O) groups excluding carboxylic acids is 1. The van der Waals surface area contributed by atoms with Gasteiger partial charge >= 0.3 is 0 Å². The first-order chi connectivity index (χ1) is 9.52. The lowest BCUT2D eigenvalue weighted by molar-refractivity contribution is -0.125. The van der Waals surface area contributed by atoms with Crippen molar-refractivity contribution in [2.24, 2.45) is 11.1 Å². The van der Waals surface area contributed by atoms with Crippen LogP contribution in [-0.4, -0.2) is 17.0 Å². The van der Waals surface area contributed by atoms with Crippen LogP contribution < -0.4 is 16.6 Å². The normalized spacial score (nSPS) is 11.4. The summed E-state index contributed by atoms with van der Waals surface area (Å²) in [5.41, 5.74) is 5.82. The van der Waals surface area contributed by atoms with Gasteiger partial charge in [0, 0.05) is 25.4 Å². The molecule has 0 aromatic carbocycles. The van der Waals surface area contributed by atoms with Crippen molar-refractivity contribution in [2.45, 2.75) is 46.6 Å². The zero-order valence-electron chi connectivity index (χ0n) is 12.6. The molecule has 0 saturated carbocycles. The molecule has 0 spiro atoms. The zero-order chi connectivity index (χ0) is 15.2. The first-order valence-electron chi connectivity index (χ1n) is 7.25. The molecule has 0 atom stereocenters. The first-order valence-corrected chi connectivity index (χ1v) is 7.25. The molecule has 0 saturated heterocycles. The molecule has 0 aliphatic heterocycles. The van der Waals surface area contributed by atoms with Crippen LogP contribution in [0.1, 0.15) is 40.0 Å². The number of carbonyl (C=O) groups is 1. The SMILES string of the molecule is CCCn1cc(NC(=O)C(CC)(CC)CN)ccc1=O. The highest BCUT2D eigenvalue weighted by Gasteiger charge is 2.33. The quantitative estimate of drug-likeness (QED) is 0.801. The average molecular weight is 279 g/mol. The van der Waals surface area contributed by atoms with Gasteiger partial charge in [-0.1, -0.05) is 20.8 Å². The van der Waals surface area contributed by atoms with E-state index in [-0.39, 0.29) is 11.5 Å². The second kappa shape index (κ2) is 7.24. The number of rotatable bonds is 7. The number of nitrogens with zero attached hydrogens (tertiary/aromatic N) is 1. The molecule has 1 aromatic heterocycles. The molecule has 3 N–H and O–H groups in total. The van der Waals surface area contributed by atoms with Crippen molar-refractivity contribution in [3.05, 3.63) is 28.7 Å². The van der Waals surface area contributed by atoms with Gasteiger partial charge in [0.1, 0.15) is 0 Å². The van der Waals surface area contributed by atoms with E-state index in [2.05, 4.69) is 5.32 Å². The fourth-order valence-corrected chi connectivity index (χ4v) is 2.24. The minimum atomic E-state index is -0.536. The van der Waals surface area contributed by atoms with Gasteiger partial charge in [0.25, 0.3) is 5.56 Å². The minimum absolute atomic E-state index is 0.0547. The standard InChI is InChI=1S/C15H25N3O2/c1-4-9-18-10-12(7-8-13(18)19)17-14(20)15(5-2,6-3)11-16/h7-8,10H,4-6,9,11,16H2,1-3H3,(H,17,20). The van der Waals surface area contributed by atoms with Crippen molar-refractivity contribution in [1.82, 2.24) is 4.57 Å². The number of nitrogens with one attached hydrogen (secondary N) is 1. The molecule has 0 radical (unpaired) electrons. The van der Waals surface area contributed by atoms with Crippen molar-refractivity contribution in [1.29, 1.82) is 0 Å². The van der Waals surface area contributed by atoms with E-state index in [4.69, 9.17) is 5.73 Å². The van der Waals surface area contributed by atoms with Gasteiger partial charge < -0.3 is 15.6 Å². The maximum absolute atomic E-state index is 12.4. The lowest BCUT2D eigenvalue weighted by Gasteiger charge is -2.28. The highest BCUT2D eigenvalue weighted by molar-refractivity contribution is 5.95. The monoisotopic (exact) mass is 279 g/mol. The fourth-order valence-electron chi connectivity index (χ4n) is 2.24. The number of amides is 1. The molecule has 5 heteroatoms. The lowest BCUT2D eigenvalue weighted by Crippen LogP contribution is -2.41. The molecule has 5 nitrogen and oxygen atoms in total.